The van der Waals surface area contributed by atoms with E-state index < -0.39 is 0 Å². The van der Waals surface area contributed by atoms with Gasteiger partial charge in [0.1, 0.15) is 5.82 Å². The molecule has 1 aliphatic carbocycles. The van der Waals surface area contributed by atoms with Crippen molar-refractivity contribution in [3.05, 3.63) is 46.4 Å². The quantitative estimate of drug-likeness (QED) is 0.440. The maximum atomic E-state index is 12.3. The van der Waals surface area contributed by atoms with Gasteiger partial charge in [0, 0.05) is 11.3 Å². The van der Waals surface area contributed by atoms with Crippen LogP contribution in [0.25, 0.3) is 0 Å². The minimum absolute atomic E-state index is 0.177. The summed E-state index contributed by atoms with van der Waals surface area (Å²) in [6.07, 6.45) is 8.11. The number of nitrogens with one attached hydrogen (secondary N) is 1. The van der Waals surface area contributed by atoms with Gasteiger partial charge in [0.15, 0.2) is 0 Å². The third-order valence-electron chi connectivity index (χ3n) is 5.99. The van der Waals surface area contributed by atoms with E-state index in [9.17, 15) is 4.79 Å². The molecule has 2 aliphatic rings. The molecule has 0 radical (unpaired) electrons. The first-order valence-corrected chi connectivity index (χ1v) is 11.4. The van der Waals surface area contributed by atoms with Gasteiger partial charge in [-0.25, -0.2) is 14.8 Å². The SMILES string of the molecule is CCCCOC(=O)N1Cc2nc(Cl)nc(Nc3ccc(C4CCCCC4)cc3)c2C1. The molecule has 30 heavy (non-hydrogen) atoms. The Morgan fingerprint density at radius 3 is 2.67 bits per heavy atom. The van der Waals surface area contributed by atoms with E-state index in [1.54, 1.807) is 4.90 Å². The van der Waals surface area contributed by atoms with E-state index in [2.05, 4.69) is 46.5 Å². The highest BCUT2D eigenvalue weighted by Gasteiger charge is 2.29. The summed E-state index contributed by atoms with van der Waals surface area (Å²) in [6, 6.07) is 8.60. The van der Waals surface area contributed by atoms with Gasteiger partial charge in [-0.05, 0) is 54.5 Å². The largest absolute Gasteiger partial charge is 0.449 e. The Morgan fingerprint density at radius 2 is 1.93 bits per heavy atom. The number of unbranched alkanes of at least 4 members (excludes halogenated alkanes) is 1. The van der Waals surface area contributed by atoms with Crippen LogP contribution in [0.5, 0.6) is 0 Å². The molecule has 0 atom stereocenters. The standard InChI is InChI=1S/C23H29ClN4O2/c1-2-3-13-30-23(29)28-14-19-20(15-28)26-22(24)27-21(19)25-18-11-9-17(10-12-18)16-7-5-4-6-8-16/h9-12,16H,2-8,13-15H2,1H3,(H,25,26,27). The van der Waals surface area contributed by atoms with E-state index in [0.717, 1.165) is 29.8 Å². The van der Waals surface area contributed by atoms with E-state index in [-0.39, 0.29) is 11.4 Å². The first-order valence-electron chi connectivity index (χ1n) is 11.0. The fourth-order valence-corrected chi connectivity index (χ4v) is 4.45. The Morgan fingerprint density at radius 1 is 1.17 bits per heavy atom. The Labute approximate surface area is 183 Å². The second-order valence-electron chi connectivity index (χ2n) is 8.17. The molecule has 7 heteroatoms. The molecule has 2 aromatic rings. The summed E-state index contributed by atoms with van der Waals surface area (Å²) in [5.74, 6) is 1.33. The summed E-state index contributed by atoms with van der Waals surface area (Å²) < 4.78 is 5.34. The fraction of sp³-hybridized carbons (Fsp3) is 0.522. The predicted molar refractivity (Wildman–Crippen MR) is 118 cm³/mol. The number of fused-ring (bicyclic) bond motifs is 1. The predicted octanol–water partition coefficient (Wildman–Crippen LogP) is 6.17. The molecule has 6 nitrogen and oxygen atoms in total. The molecule has 2 heterocycles. The molecule has 1 aromatic carbocycles. The number of aromatic nitrogens is 2. The van der Waals surface area contributed by atoms with Crippen molar-refractivity contribution in [2.45, 2.75) is 70.9 Å². The average molecular weight is 429 g/mol. The Bertz CT molecular complexity index is 882. The number of halogens is 1. The van der Waals surface area contributed by atoms with Crippen LogP contribution in [-0.4, -0.2) is 27.6 Å². The van der Waals surface area contributed by atoms with Gasteiger partial charge < -0.3 is 10.1 Å². The van der Waals surface area contributed by atoms with E-state index in [1.165, 1.54) is 37.7 Å². The Kier molecular flexibility index (Phi) is 6.72. The van der Waals surface area contributed by atoms with E-state index in [1.807, 2.05) is 0 Å². The maximum absolute atomic E-state index is 12.3. The Hall–Kier alpha value is -2.34. The lowest BCUT2D eigenvalue weighted by Gasteiger charge is -2.22. The normalized spacial score (nSPS) is 16.4. The molecule has 1 amide bonds. The number of benzene rings is 1. The van der Waals surface area contributed by atoms with Gasteiger partial charge in [-0.15, -0.1) is 0 Å². The summed E-state index contributed by atoms with van der Waals surface area (Å²) >= 11 is 6.15. The minimum atomic E-state index is -0.319. The van der Waals surface area contributed by atoms with Crippen LogP contribution in [0.3, 0.4) is 0 Å². The van der Waals surface area contributed by atoms with Gasteiger partial charge in [0.25, 0.3) is 0 Å². The number of rotatable bonds is 6. The van der Waals surface area contributed by atoms with Gasteiger partial charge >= 0.3 is 6.09 Å². The van der Waals surface area contributed by atoms with Crippen LogP contribution < -0.4 is 5.32 Å². The van der Waals surface area contributed by atoms with Crippen molar-refractivity contribution >= 4 is 29.2 Å². The third-order valence-corrected chi connectivity index (χ3v) is 6.16. The molecule has 0 bridgehead atoms. The van der Waals surface area contributed by atoms with Crippen molar-refractivity contribution in [1.29, 1.82) is 0 Å². The highest BCUT2D eigenvalue weighted by atomic mass is 35.5. The highest BCUT2D eigenvalue weighted by molar-refractivity contribution is 6.28. The van der Waals surface area contributed by atoms with Crippen LogP contribution in [0.2, 0.25) is 5.28 Å². The fourth-order valence-electron chi connectivity index (χ4n) is 4.26. The van der Waals surface area contributed by atoms with Crippen molar-refractivity contribution in [3.63, 3.8) is 0 Å². The van der Waals surface area contributed by atoms with E-state index in [0.29, 0.717) is 31.4 Å². The Balaban J connectivity index is 1.45. The zero-order valence-corrected chi connectivity index (χ0v) is 18.2. The lowest BCUT2D eigenvalue weighted by atomic mass is 9.84. The third kappa shape index (κ3) is 4.86. The number of hydrogen-bond donors (Lipinski definition) is 1. The average Bonchev–Trinajstić information content (AvgIpc) is 3.19. The molecular weight excluding hydrogens is 400 g/mol. The lowest BCUT2D eigenvalue weighted by molar-refractivity contribution is 0.100. The molecule has 1 N–H and O–H groups in total. The molecule has 0 unspecified atom stereocenters. The minimum Gasteiger partial charge on any atom is -0.449 e. The molecule has 160 valence electrons. The van der Waals surface area contributed by atoms with Crippen molar-refractivity contribution in [1.82, 2.24) is 14.9 Å². The van der Waals surface area contributed by atoms with Crippen LogP contribution in [0.15, 0.2) is 24.3 Å². The summed E-state index contributed by atoms with van der Waals surface area (Å²) in [5, 5.41) is 3.55. The summed E-state index contributed by atoms with van der Waals surface area (Å²) in [6.45, 7) is 3.31. The molecule has 1 aliphatic heterocycles. The lowest BCUT2D eigenvalue weighted by Crippen LogP contribution is -2.26. The van der Waals surface area contributed by atoms with Gasteiger partial charge in [-0.1, -0.05) is 44.7 Å². The summed E-state index contributed by atoms with van der Waals surface area (Å²) in [4.78, 5) is 22.7. The van der Waals surface area contributed by atoms with Crippen molar-refractivity contribution < 1.29 is 9.53 Å². The number of carbonyl (C=O) groups excluding carboxylic acids is 1. The number of ether oxygens (including phenoxy) is 1. The van der Waals surface area contributed by atoms with Crippen LogP contribution in [0.4, 0.5) is 16.3 Å². The number of anilines is 2. The molecule has 0 saturated heterocycles. The van der Waals surface area contributed by atoms with E-state index in [4.69, 9.17) is 16.3 Å². The first kappa shape index (κ1) is 20.9. The zero-order valence-electron chi connectivity index (χ0n) is 17.5. The summed E-state index contributed by atoms with van der Waals surface area (Å²) in [5.41, 5.74) is 4.02. The van der Waals surface area contributed by atoms with Gasteiger partial charge in [0.05, 0.1) is 25.4 Å². The van der Waals surface area contributed by atoms with Crippen molar-refractivity contribution in [2.24, 2.45) is 0 Å². The number of carbonyl (C=O) groups is 1. The van der Waals surface area contributed by atoms with Crippen molar-refractivity contribution in [2.75, 3.05) is 11.9 Å². The molecular formula is C23H29ClN4O2. The number of hydrogen-bond acceptors (Lipinski definition) is 5. The van der Waals surface area contributed by atoms with Crippen LogP contribution in [0, 0.1) is 0 Å². The monoisotopic (exact) mass is 428 g/mol. The number of amides is 1. The van der Waals surface area contributed by atoms with Crippen LogP contribution in [0.1, 0.15) is 74.6 Å². The summed E-state index contributed by atoms with van der Waals surface area (Å²) in [7, 11) is 0. The molecule has 4 rings (SSSR count). The number of nitrogens with zero attached hydrogens (tertiary/aromatic N) is 3. The molecule has 1 fully saturated rings. The van der Waals surface area contributed by atoms with Crippen molar-refractivity contribution in [3.8, 4) is 0 Å². The molecule has 1 aromatic heterocycles. The first-order chi connectivity index (χ1) is 14.6. The topological polar surface area (TPSA) is 67.3 Å². The molecule has 1 saturated carbocycles. The second-order valence-corrected chi connectivity index (χ2v) is 8.51. The van der Waals surface area contributed by atoms with Crippen LogP contribution >= 0.6 is 11.6 Å². The zero-order chi connectivity index (χ0) is 20.9. The van der Waals surface area contributed by atoms with Gasteiger partial charge in [-0.3, -0.25) is 4.90 Å². The van der Waals surface area contributed by atoms with Gasteiger partial charge in [-0.2, -0.15) is 0 Å². The molecule has 0 spiro atoms. The maximum Gasteiger partial charge on any atom is 0.410 e. The second kappa shape index (κ2) is 9.65. The van der Waals surface area contributed by atoms with Crippen LogP contribution in [-0.2, 0) is 17.8 Å². The highest BCUT2D eigenvalue weighted by Crippen LogP contribution is 2.34. The smallest absolute Gasteiger partial charge is 0.410 e. The van der Waals surface area contributed by atoms with Gasteiger partial charge in [0.2, 0.25) is 5.28 Å². The van der Waals surface area contributed by atoms with E-state index >= 15 is 0 Å².